The topological polar surface area (TPSA) is 54.0 Å². The Morgan fingerprint density at radius 2 is 2.28 bits per heavy atom. The maximum absolute atomic E-state index is 14.0. The van der Waals surface area contributed by atoms with Gasteiger partial charge in [-0.2, -0.15) is 0 Å². The summed E-state index contributed by atoms with van der Waals surface area (Å²) >= 11 is 0. The number of carbonyl (C=O) groups is 1. The molecule has 1 aliphatic carbocycles. The van der Waals surface area contributed by atoms with Crippen LogP contribution in [0.15, 0.2) is 12.3 Å². The van der Waals surface area contributed by atoms with E-state index in [1.807, 2.05) is 6.92 Å². The van der Waals surface area contributed by atoms with Gasteiger partial charge in [0.25, 0.3) is 5.91 Å². The zero-order valence-corrected chi connectivity index (χ0v) is 10.7. The average Bonchev–Trinajstić information content (AvgIpc) is 3.08. The highest BCUT2D eigenvalue weighted by atomic mass is 19.1. The fourth-order valence-electron chi connectivity index (χ4n) is 1.69. The SMILES string of the molecule is CCNc1nccc(C(=O)NCC2(C)CC2)c1F. The van der Waals surface area contributed by atoms with Gasteiger partial charge in [-0.05, 0) is 31.2 Å². The van der Waals surface area contributed by atoms with E-state index in [9.17, 15) is 9.18 Å². The van der Waals surface area contributed by atoms with Gasteiger partial charge >= 0.3 is 0 Å². The molecule has 98 valence electrons. The number of nitrogens with one attached hydrogen (secondary N) is 2. The molecule has 5 heteroatoms. The van der Waals surface area contributed by atoms with Crippen molar-refractivity contribution in [2.24, 2.45) is 5.41 Å². The first kappa shape index (κ1) is 12.8. The number of aromatic nitrogens is 1. The fraction of sp³-hybridized carbons (Fsp3) is 0.538. The Balaban J connectivity index is 2.07. The third-order valence-electron chi connectivity index (χ3n) is 3.26. The molecule has 2 N–H and O–H groups in total. The third kappa shape index (κ3) is 2.78. The second kappa shape index (κ2) is 4.92. The highest BCUT2D eigenvalue weighted by Gasteiger charge is 2.37. The van der Waals surface area contributed by atoms with Gasteiger partial charge in [-0.25, -0.2) is 9.37 Å². The van der Waals surface area contributed by atoms with Gasteiger partial charge in [0, 0.05) is 19.3 Å². The second-order valence-electron chi connectivity index (χ2n) is 5.04. The van der Waals surface area contributed by atoms with Gasteiger partial charge in [0.15, 0.2) is 11.6 Å². The number of hydrogen-bond acceptors (Lipinski definition) is 3. The Kier molecular flexibility index (Phi) is 3.50. The molecular weight excluding hydrogens is 233 g/mol. The standard InChI is InChI=1S/C13H18FN3O/c1-3-15-11-10(14)9(4-7-16-11)12(18)17-8-13(2)5-6-13/h4,7H,3,5-6,8H2,1-2H3,(H,15,16)(H,17,18). The molecule has 1 saturated carbocycles. The van der Waals surface area contributed by atoms with Crippen molar-refractivity contribution in [1.29, 1.82) is 0 Å². The molecule has 2 rings (SSSR count). The molecular formula is C13H18FN3O. The predicted molar refractivity (Wildman–Crippen MR) is 68.0 cm³/mol. The van der Waals surface area contributed by atoms with Gasteiger partial charge in [-0.15, -0.1) is 0 Å². The van der Waals surface area contributed by atoms with E-state index in [1.54, 1.807) is 0 Å². The van der Waals surface area contributed by atoms with E-state index in [4.69, 9.17) is 0 Å². The molecule has 0 saturated heterocycles. The molecule has 0 atom stereocenters. The largest absolute Gasteiger partial charge is 0.368 e. The summed E-state index contributed by atoms with van der Waals surface area (Å²) in [6.07, 6.45) is 3.68. The van der Waals surface area contributed by atoms with Crippen LogP contribution in [0.25, 0.3) is 0 Å². The van der Waals surface area contributed by atoms with E-state index in [2.05, 4.69) is 22.5 Å². The molecule has 0 radical (unpaired) electrons. The minimum Gasteiger partial charge on any atom is -0.368 e. The van der Waals surface area contributed by atoms with Crippen LogP contribution in [-0.2, 0) is 0 Å². The zero-order valence-electron chi connectivity index (χ0n) is 10.7. The Labute approximate surface area is 106 Å². The van der Waals surface area contributed by atoms with E-state index in [0.717, 1.165) is 12.8 Å². The van der Waals surface area contributed by atoms with Crippen molar-refractivity contribution in [1.82, 2.24) is 10.3 Å². The average molecular weight is 251 g/mol. The van der Waals surface area contributed by atoms with Crippen LogP contribution in [0.2, 0.25) is 0 Å². The van der Waals surface area contributed by atoms with Crippen LogP contribution in [0.3, 0.4) is 0 Å². The molecule has 0 spiro atoms. The van der Waals surface area contributed by atoms with Crippen LogP contribution in [-0.4, -0.2) is 24.0 Å². The number of carbonyl (C=O) groups excluding carboxylic acids is 1. The summed E-state index contributed by atoms with van der Waals surface area (Å²) in [5.41, 5.74) is 0.258. The van der Waals surface area contributed by atoms with Gasteiger partial charge in [0.2, 0.25) is 0 Å². The first-order valence-corrected chi connectivity index (χ1v) is 6.22. The zero-order chi connectivity index (χ0) is 13.2. The minimum atomic E-state index is -0.585. The molecule has 1 heterocycles. The maximum Gasteiger partial charge on any atom is 0.254 e. The summed E-state index contributed by atoms with van der Waals surface area (Å²) in [6, 6.07) is 1.40. The van der Waals surface area contributed by atoms with Crippen LogP contribution in [0.5, 0.6) is 0 Å². The van der Waals surface area contributed by atoms with Crippen LogP contribution < -0.4 is 10.6 Å². The van der Waals surface area contributed by atoms with E-state index in [1.165, 1.54) is 12.3 Å². The molecule has 0 bridgehead atoms. The monoisotopic (exact) mass is 251 g/mol. The van der Waals surface area contributed by atoms with Gasteiger partial charge in [-0.1, -0.05) is 6.92 Å². The Morgan fingerprint density at radius 3 is 2.89 bits per heavy atom. The summed E-state index contributed by atoms with van der Waals surface area (Å²) in [5.74, 6) is -0.831. The first-order chi connectivity index (χ1) is 8.56. The summed E-state index contributed by atoms with van der Waals surface area (Å²) in [4.78, 5) is 15.8. The highest BCUT2D eigenvalue weighted by molar-refractivity contribution is 5.95. The molecule has 0 unspecified atom stereocenters. The molecule has 0 aliphatic heterocycles. The molecule has 1 aromatic rings. The lowest BCUT2D eigenvalue weighted by Gasteiger charge is -2.11. The quantitative estimate of drug-likeness (QED) is 0.843. The minimum absolute atomic E-state index is 0.0465. The fourth-order valence-corrected chi connectivity index (χ4v) is 1.69. The van der Waals surface area contributed by atoms with Crippen LogP contribution >= 0.6 is 0 Å². The van der Waals surface area contributed by atoms with Crippen molar-refractivity contribution in [2.45, 2.75) is 26.7 Å². The Bertz CT molecular complexity index is 458. The van der Waals surface area contributed by atoms with Crippen molar-refractivity contribution < 1.29 is 9.18 Å². The van der Waals surface area contributed by atoms with Crippen LogP contribution in [0.1, 0.15) is 37.0 Å². The molecule has 1 aromatic heterocycles. The number of anilines is 1. The van der Waals surface area contributed by atoms with Gasteiger partial charge < -0.3 is 10.6 Å². The predicted octanol–water partition coefficient (Wildman–Crippen LogP) is 2.18. The summed E-state index contributed by atoms with van der Waals surface area (Å²) in [5, 5.41) is 5.57. The van der Waals surface area contributed by atoms with Crippen LogP contribution in [0, 0.1) is 11.2 Å². The third-order valence-corrected chi connectivity index (χ3v) is 3.26. The van der Waals surface area contributed by atoms with Crippen LogP contribution in [0.4, 0.5) is 10.2 Å². The lowest BCUT2D eigenvalue weighted by atomic mass is 10.1. The first-order valence-electron chi connectivity index (χ1n) is 6.22. The second-order valence-corrected chi connectivity index (χ2v) is 5.04. The number of hydrogen-bond donors (Lipinski definition) is 2. The van der Waals surface area contributed by atoms with Crippen molar-refractivity contribution in [2.75, 3.05) is 18.4 Å². The Morgan fingerprint density at radius 1 is 1.56 bits per heavy atom. The Hall–Kier alpha value is -1.65. The molecule has 0 aromatic carbocycles. The van der Waals surface area contributed by atoms with Crippen molar-refractivity contribution in [3.8, 4) is 0 Å². The normalized spacial score (nSPS) is 16.2. The van der Waals surface area contributed by atoms with Crippen molar-refractivity contribution in [3.05, 3.63) is 23.6 Å². The molecule has 1 amide bonds. The van der Waals surface area contributed by atoms with Gasteiger partial charge in [0.1, 0.15) is 0 Å². The van der Waals surface area contributed by atoms with Gasteiger partial charge in [-0.3, -0.25) is 4.79 Å². The lowest BCUT2D eigenvalue weighted by molar-refractivity contribution is 0.0942. The molecule has 1 fully saturated rings. The van der Waals surface area contributed by atoms with Crippen molar-refractivity contribution >= 4 is 11.7 Å². The number of rotatable bonds is 5. The van der Waals surface area contributed by atoms with E-state index in [0.29, 0.717) is 13.1 Å². The molecule has 4 nitrogen and oxygen atoms in total. The van der Waals surface area contributed by atoms with Crippen molar-refractivity contribution in [3.63, 3.8) is 0 Å². The van der Waals surface area contributed by atoms with E-state index in [-0.39, 0.29) is 22.7 Å². The maximum atomic E-state index is 14.0. The summed E-state index contributed by atoms with van der Waals surface area (Å²) in [6.45, 7) is 5.12. The summed E-state index contributed by atoms with van der Waals surface area (Å²) in [7, 11) is 0. The lowest BCUT2D eigenvalue weighted by Crippen LogP contribution is -2.30. The molecule has 1 aliphatic rings. The van der Waals surface area contributed by atoms with Gasteiger partial charge in [0.05, 0.1) is 5.56 Å². The summed E-state index contributed by atoms with van der Waals surface area (Å²) < 4.78 is 14.0. The van der Waals surface area contributed by atoms with E-state index >= 15 is 0 Å². The number of nitrogens with zero attached hydrogens (tertiary/aromatic N) is 1. The van der Waals surface area contributed by atoms with E-state index < -0.39 is 5.82 Å². The highest BCUT2D eigenvalue weighted by Crippen LogP contribution is 2.44. The number of halogens is 1. The smallest absolute Gasteiger partial charge is 0.254 e. The molecule has 18 heavy (non-hydrogen) atoms. The number of pyridine rings is 1. The number of amides is 1.